The highest BCUT2D eigenvalue weighted by Crippen LogP contribution is 2.34. The van der Waals surface area contributed by atoms with E-state index in [-0.39, 0.29) is 17.7 Å². The molecule has 6 nitrogen and oxygen atoms in total. The molecule has 3 aromatic rings. The van der Waals surface area contributed by atoms with Gasteiger partial charge < -0.3 is 26.0 Å². The second-order valence-corrected chi connectivity index (χ2v) is 10.5. The van der Waals surface area contributed by atoms with E-state index >= 15 is 0 Å². The molecule has 7 heteroatoms. The SMILES string of the molecule is Cc1c(C(=O)O)ccc(-c2ccccc2)c1C(C)OC[C@H](O)CNC(C)(C)Cc1ccc(CN)c(Cl)c1. The third kappa shape index (κ3) is 7.63. The number of aliphatic hydroxyl groups is 1. The number of carbonyl (C=O) groups is 1. The van der Waals surface area contributed by atoms with Crippen molar-refractivity contribution in [3.63, 3.8) is 0 Å². The molecular weight excluding hydrogens is 488 g/mol. The highest BCUT2D eigenvalue weighted by atomic mass is 35.5. The molecular formula is C30H37ClN2O4. The molecule has 0 aliphatic rings. The molecule has 0 spiro atoms. The summed E-state index contributed by atoms with van der Waals surface area (Å²) in [6.07, 6.45) is -0.433. The number of carboxylic acids is 1. The molecule has 2 atom stereocenters. The van der Waals surface area contributed by atoms with E-state index in [1.54, 1.807) is 13.0 Å². The van der Waals surface area contributed by atoms with E-state index in [1.807, 2.05) is 61.5 Å². The molecule has 37 heavy (non-hydrogen) atoms. The third-order valence-corrected chi connectivity index (χ3v) is 6.93. The molecule has 0 amide bonds. The van der Waals surface area contributed by atoms with E-state index in [4.69, 9.17) is 22.1 Å². The lowest BCUT2D eigenvalue weighted by molar-refractivity contribution is -0.00422. The molecule has 0 fully saturated rings. The zero-order valence-electron chi connectivity index (χ0n) is 21.9. The van der Waals surface area contributed by atoms with Gasteiger partial charge in [0, 0.05) is 23.7 Å². The summed E-state index contributed by atoms with van der Waals surface area (Å²) >= 11 is 6.31. The average Bonchev–Trinajstić information content (AvgIpc) is 2.86. The Kier molecular flexibility index (Phi) is 9.87. The first-order valence-corrected chi connectivity index (χ1v) is 12.8. The fraction of sp³-hybridized carbons (Fsp3) is 0.367. The fourth-order valence-corrected chi connectivity index (χ4v) is 4.86. The van der Waals surface area contributed by atoms with Gasteiger partial charge in [-0.3, -0.25) is 0 Å². The Morgan fingerprint density at radius 3 is 2.46 bits per heavy atom. The van der Waals surface area contributed by atoms with E-state index in [0.29, 0.717) is 23.7 Å². The van der Waals surface area contributed by atoms with E-state index in [1.165, 1.54) is 0 Å². The van der Waals surface area contributed by atoms with Gasteiger partial charge in [0.15, 0.2) is 0 Å². The number of nitrogens with two attached hydrogens (primary N) is 1. The van der Waals surface area contributed by atoms with Crippen molar-refractivity contribution >= 4 is 17.6 Å². The van der Waals surface area contributed by atoms with Crippen LogP contribution in [0, 0.1) is 6.92 Å². The minimum absolute atomic E-state index is 0.103. The number of carboxylic acid groups (broad SMARTS) is 1. The quantitative estimate of drug-likeness (QED) is 0.248. The lowest BCUT2D eigenvalue weighted by Crippen LogP contribution is -2.46. The Morgan fingerprint density at radius 2 is 1.84 bits per heavy atom. The number of β-amino-alcohol motifs (C(OH)–C–C–N with tert-alkyl or cyclic N) is 1. The van der Waals surface area contributed by atoms with Crippen molar-refractivity contribution in [2.24, 2.45) is 5.73 Å². The summed E-state index contributed by atoms with van der Waals surface area (Å²) in [4.78, 5) is 11.8. The lowest BCUT2D eigenvalue weighted by atomic mass is 9.90. The average molecular weight is 525 g/mol. The Bertz CT molecular complexity index is 1210. The molecule has 0 radical (unpaired) electrons. The zero-order chi connectivity index (χ0) is 27.2. The number of benzene rings is 3. The number of aromatic carboxylic acids is 1. The van der Waals surface area contributed by atoms with Crippen molar-refractivity contribution in [2.75, 3.05) is 13.2 Å². The molecule has 0 aromatic heterocycles. The van der Waals surface area contributed by atoms with Crippen molar-refractivity contribution < 1.29 is 19.7 Å². The van der Waals surface area contributed by atoms with Gasteiger partial charge in [0.25, 0.3) is 0 Å². The lowest BCUT2D eigenvalue weighted by Gasteiger charge is -2.29. The third-order valence-electron chi connectivity index (χ3n) is 6.57. The molecule has 0 aliphatic carbocycles. The van der Waals surface area contributed by atoms with Crippen LogP contribution in [0.1, 0.15) is 59.5 Å². The Morgan fingerprint density at radius 1 is 1.14 bits per heavy atom. The predicted molar refractivity (Wildman–Crippen MR) is 149 cm³/mol. The van der Waals surface area contributed by atoms with Crippen LogP contribution in [0.4, 0.5) is 0 Å². The number of nitrogens with one attached hydrogen (secondary N) is 1. The highest BCUT2D eigenvalue weighted by molar-refractivity contribution is 6.31. The first kappa shape index (κ1) is 28.8. The van der Waals surface area contributed by atoms with Gasteiger partial charge in [0.05, 0.1) is 24.4 Å². The van der Waals surface area contributed by atoms with Gasteiger partial charge in [-0.25, -0.2) is 4.79 Å². The van der Waals surface area contributed by atoms with Crippen LogP contribution in [-0.4, -0.2) is 41.0 Å². The highest BCUT2D eigenvalue weighted by Gasteiger charge is 2.23. The maximum atomic E-state index is 11.8. The molecule has 0 saturated carbocycles. The first-order chi connectivity index (χ1) is 17.5. The predicted octanol–water partition coefficient (Wildman–Crippen LogP) is 5.52. The minimum atomic E-state index is -0.976. The second-order valence-electron chi connectivity index (χ2n) is 10.1. The van der Waals surface area contributed by atoms with E-state index < -0.39 is 18.2 Å². The maximum absolute atomic E-state index is 11.8. The van der Waals surface area contributed by atoms with Gasteiger partial charge in [0.1, 0.15) is 0 Å². The minimum Gasteiger partial charge on any atom is -0.478 e. The van der Waals surface area contributed by atoms with Crippen molar-refractivity contribution in [1.29, 1.82) is 0 Å². The second kappa shape index (κ2) is 12.7. The van der Waals surface area contributed by atoms with Crippen molar-refractivity contribution in [2.45, 2.75) is 58.4 Å². The van der Waals surface area contributed by atoms with Crippen molar-refractivity contribution in [1.82, 2.24) is 5.32 Å². The maximum Gasteiger partial charge on any atom is 0.335 e. The number of rotatable bonds is 12. The molecule has 5 N–H and O–H groups in total. The van der Waals surface area contributed by atoms with Crippen LogP contribution < -0.4 is 11.1 Å². The van der Waals surface area contributed by atoms with Gasteiger partial charge in [-0.15, -0.1) is 0 Å². The number of aliphatic hydroxyl groups excluding tert-OH is 1. The Hall–Kier alpha value is -2.74. The van der Waals surface area contributed by atoms with Crippen LogP contribution in [0.5, 0.6) is 0 Å². The van der Waals surface area contributed by atoms with Crippen LogP contribution in [-0.2, 0) is 17.7 Å². The van der Waals surface area contributed by atoms with Crippen molar-refractivity contribution in [3.8, 4) is 11.1 Å². The van der Waals surface area contributed by atoms with Crippen molar-refractivity contribution in [3.05, 3.63) is 93.5 Å². The van der Waals surface area contributed by atoms with E-state index in [9.17, 15) is 15.0 Å². The van der Waals surface area contributed by atoms with E-state index in [0.717, 1.165) is 34.2 Å². The first-order valence-electron chi connectivity index (χ1n) is 12.5. The molecule has 3 aromatic carbocycles. The van der Waals surface area contributed by atoms with Gasteiger partial charge in [0.2, 0.25) is 0 Å². The largest absolute Gasteiger partial charge is 0.478 e. The summed E-state index contributed by atoms with van der Waals surface area (Å²) in [6, 6.07) is 19.2. The summed E-state index contributed by atoms with van der Waals surface area (Å²) in [5.74, 6) is -0.976. The summed E-state index contributed by atoms with van der Waals surface area (Å²) in [6.45, 7) is 8.68. The monoisotopic (exact) mass is 524 g/mol. The number of hydrogen-bond donors (Lipinski definition) is 4. The van der Waals surface area contributed by atoms with Crippen LogP contribution in [0.25, 0.3) is 11.1 Å². The van der Waals surface area contributed by atoms with Crippen LogP contribution in [0.2, 0.25) is 5.02 Å². The number of halogens is 1. The Labute approximate surface area is 224 Å². The summed E-state index contributed by atoms with van der Waals surface area (Å²) < 4.78 is 6.08. The molecule has 198 valence electrons. The van der Waals surface area contributed by atoms with E-state index in [2.05, 4.69) is 19.2 Å². The normalized spacial score (nSPS) is 13.4. The molecule has 0 saturated heterocycles. The van der Waals surface area contributed by atoms with Gasteiger partial charge in [-0.1, -0.05) is 60.1 Å². The number of hydrogen-bond acceptors (Lipinski definition) is 5. The standard InChI is InChI=1S/C30H37ClN2O4/c1-19-25(29(35)36)12-13-26(22-8-6-5-7-9-22)28(19)20(2)37-18-24(34)17-33-30(3,4)15-21-10-11-23(16-32)27(31)14-21/h5-14,20,24,33-34H,15-18,32H2,1-4H3,(H,35,36)/t20?,24-/m1/s1. The number of ether oxygens (including phenoxy) is 1. The van der Waals surface area contributed by atoms with Gasteiger partial charge >= 0.3 is 5.97 Å². The summed E-state index contributed by atoms with van der Waals surface area (Å²) in [5, 5.41) is 24.4. The topological polar surface area (TPSA) is 105 Å². The molecule has 0 bridgehead atoms. The van der Waals surface area contributed by atoms with Gasteiger partial charge in [-0.05, 0) is 79.6 Å². The molecule has 0 aliphatic heterocycles. The molecule has 0 heterocycles. The smallest absolute Gasteiger partial charge is 0.335 e. The summed E-state index contributed by atoms with van der Waals surface area (Å²) in [7, 11) is 0. The van der Waals surface area contributed by atoms with Crippen LogP contribution in [0.3, 0.4) is 0 Å². The van der Waals surface area contributed by atoms with Crippen LogP contribution >= 0.6 is 11.6 Å². The van der Waals surface area contributed by atoms with Gasteiger partial charge in [-0.2, -0.15) is 0 Å². The zero-order valence-corrected chi connectivity index (χ0v) is 22.7. The van der Waals surface area contributed by atoms with Crippen LogP contribution in [0.15, 0.2) is 60.7 Å². The molecule has 3 rings (SSSR count). The Balaban J connectivity index is 1.65. The molecule has 1 unspecified atom stereocenters. The summed E-state index contributed by atoms with van der Waals surface area (Å²) in [5.41, 5.74) is 11.0. The fourth-order valence-electron chi connectivity index (χ4n) is 4.58.